The van der Waals surface area contributed by atoms with Crippen LogP contribution in [0.2, 0.25) is 5.02 Å². The van der Waals surface area contributed by atoms with Crippen molar-refractivity contribution < 1.29 is 4.79 Å². The van der Waals surface area contributed by atoms with Gasteiger partial charge in [-0.05, 0) is 31.7 Å². The number of nitrogens with zero attached hydrogens (tertiary/aromatic N) is 3. The summed E-state index contributed by atoms with van der Waals surface area (Å²) in [7, 11) is 0. The zero-order valence-electron chi connectivity index (χ0n) is 12.5. The third-order valence-corrected chi connectivity index (χ3v) is 5.10. The topological polar surface area (TPSA) is 61.9 Å². The maximum Gasteiger partial charge on any atom is 0.233 e. The number of imidazole rings is 1. The molecule has 2 aromatic heterocycles. The number of piperidine rings is 1. The second-order valence-electron chi connectivity index (χ2n) is 5.50. The van der Waals surface area contributed by atoms with Crippen molar-refractivity contribution in [2.24, 2.45) is 0 Å². The molecule has 0 aliphatic carbocycles. The first kappa shape index (κ1) is 15.6. The van der Waals surface area contributed by atoms with Crippen LogP contribution in [0.25, 0.3) is 11.2 Å². The number of thioether (sulfide) groups is 1. The number of nitrogens with one attached hydrogen (secondary N) is 1. The molecule has 0 aromatic carbocycles. The lowest BCUT2D eigenvalue weighted by Gasteiger charge is -2.35. The van der Waals surface area contributed by atoms with Gasteiger partial charge in [-0.25, -0.2) is 9.97 Å². The van der Waals surface area contributed by atoms with Gasteiger partial charge < -0.3 is 9.88 Å². The molecule has 1 fully saturated rings. The molecule has 1 aliphatic rings. The number of halogens is 1. The van der Waals surface area contributed by atoms with Crippen LogP contribution in [0.1, 0.15) is 32.6 Å². The Morgan fingerprint density at radius 1 is 1.55 bits per heavy atom. The van der Waals surface area contributed by atoms with Crippen molar-refractivity contribution in [2.75, 3.05) is 12.3 Å². The van der Waals surface area contributed by atoms with Crippen molar-refractivity contribution in [3.05, 3.63) is 17.3 Å². The fraction of sp³-hybridized carbons (Fsp3) is 0.533. The number of likely N-dealkylation sites (tertiary alicyclic amines) is 1. The summed E-state index contributed by atoms with van der Waals surface area (Å²) in [6.45, 7) is 3.03. The van der Waals surface area contributed by atoms with E-state index in [1.807, 2.05) is 4.90 Å². The molecule has 0 unspecified atom stereocenters. The van der Waals surface area contributed by atoms with Crippen LogP contribution in [0.4, 0.5) is 0 Å². The molecule has 1 N–H and O–H groups in total. The van der Waals surface area contributed by atoms with Crippen molar-refractivity contribution >= 4 is 40.4 Å². The molecule has 0 radical (unpaired) electrons. The Bertz CT molecular complexity index is 675. The summed E-state index contributed by atoms with van der Waals surface area (Å²) < 4.78 is 0. The fourth-order valence-electron chi connectivity index (χ4n) is 2.89. The minimum absolute atomic E-state index is 0.197. The molecule has 22 heavy (non-hydrogen) atoms. The summed E-state index contributed by atoms with van der Waals surface area (Å²) in [5.74, 6) is 0.604. The molecule has 1 saturated heterocycles. The van der Waals surface area contributed by atoms with Crippen LogP contribution in [-0.2, 0) is 4.79 Å². The normalized spacial score (nSPS) is 18.8. The average molecular weight is 339 g/mol. The van der Waals surface area contributed by atoms with E-state index >= 15 is 0 Å². The second kappa shape index (κ2) is 6.87. The number of rotatable bonds is 4. The predicted octanol–water partition coefficient (Wildman–Crippen LogP) is 3.49. The molecule has 5 nitrogen and oxygen atoms in total. The molecular formula is C15H19ClN4OS. The van der Waals surface area contributed by atoms with Crippen LogP contribution in [0.5, 0.6) is 0 Å². The number of amides is 1. The van der Waals surface area contributed by atoms with Crippen LogP contribution in [0.3, 0.4) is 0 Å². The number of hydrogen-bond donors (Lipinski definition) is 1. The minimum atomic E-state index is 0.197. The van der Waals surface area contributed by atoms with Crippen molar-refractivity contribution in [1.29, 1.82) is 0 Å². The van der Waals surface area contributed by atoms with Crippen LogP contribution in [0.15, 0.2) is 17.4 Å². The molecule has 3 rings (SSSR count). The molecule has 1 atom stereocenters. The highest BCUT2D eigenvalue weighted by Gasteiger charge is 2.25. The smallest absolute Gasteiger partial charge is 0.233 e. The highest BCUT2D eigenvalue weighted by atomic mass is 35.5. The highest BCUT2D eigenvalue weighted by Crippen LogP contribution is 2.23. The maximum absolute atomic E-state index is 12.4. The van der Waals surface area contributed by atoms with E-state index in [1.54, 1.807) is 12.3 Å². The molecular weight excluding hydrogens is 320 g/mol. The summed E-state index contributed by atoms with van der Waals surface area (Å²) in [5.41, 5.74) is 1.43. The van der Waals surface area contributed by atoms with Gasteiger partial charge in [-0.2, -0.15) is 0 Å². The average Bonchev–Trinajstić information content (AvgIpc) is 2.94. The zero-order valence-corrected chi connectivity index (χ0v) is 14.1. The number of aromatic amines is 1. The highest BCUT2D eigenvalue weighted by molar-refractivity contribution is 7.99. The summed E-state index contributed by atoms with van der Waals surface area (Å²) in [5, 5.41) is 1.28. The van der Waals surface area contributed by atoms with E-state index in [0.717, 1.165) is 31.3 Å². The molecule has 118 valence electrons. The molecule has 3 heterocycles. The molecule has 1 amide bonds. The van der Waals surface area contributed by atoms with Crippen LogP contribution in [-0.4, -0.2) is 44.1 Å². The third-order valence-electron chi connectivity index (χ3n) is 4.03. The number of aromatic nitrogens is 3. The van der Waals surface area contributed by atoms with E-state index in [9.17, 15) is 4.79 Å². The lowest BCUT2D eigenvalue weighted by atomic mass is 10.0. The van der Waals surface area contributed by atoms with Crippen LogP contribution in [0, 0.1) is 0 Å². The van der Waals surface area contributed by atoms with E-state index < -0.39 is 0 Å². The maximum atomic E-state index is 12.4. The lowest BCUT2D eigenvalue weighted by molar-refractivity contribution is -0.132. The van der Waals surface area contributed by atoms with E-state index in [-0.39, 0.29) is 5.91 Å². The van der Waals surface area contributed by atoms with Gasteiger partial charge in [0.05, 0.1) is 16.3 Å². The molecule has 7 heteroatoms. The first-order chi connectivity index (χ1) is 10.7. The van der Waals surface area contributed by atoms with Gasteiger partial charge in [-0.1, -0.05) is 30.3 Å². The molecule has 0 bridgehead atoms. The minimum Gasteiger partial charge on any atom is -0.339 e. The van der Waals surface area contributed by atoms with Gasteiger partial charge in [0.2, 0.25) is 5.91 Å². The SMILES string of the molecule is CC[C@H]1CCCCN1C(=O)CSc1nc2ncc(Cl)cc2[nH]1. The summed E-state index contributed by atoms with van der Waals surface area (Å²) in [4.78, 5) is 26.2. The van der Waals surface area contributed by atoms with Gasteiger partial charge in [0.15, 0.2) is 10.8 Å². The Hall–Kier alpha value is -1.27. The van der Waals surface area contributed by atoms with Crippen LogP contribution >= 0.6 is 23.4 Å². The van der Waals surface area contributed by atoms with E-state index in [2.05, 4.69) is 21.9 Å². The largest absolute Gasteiger partial charge is 0.339 e. The van der Waals surface area contributed by atoms with Gasteiger partial charge in [0.25, 0.3) is 0 Å². The monoisotopic (exact) mass is 338 g/mol. The Morgan fingerprint density at radius 2 is 2.41 bits per heavy atom. The van der Waals surface area contributed by atoms with Gasteiger partial charge >= 0.3 is 0 Å². The van der Waals surface area contributed by atoms with Gasteiger partial charge in [0, 0.05) is 18.8 Å². The van der Waals surface area contributed by atoms with E-state index in [0.29, 0.717) is 27.6 Å². The molecule has 0 spiro atoms. The number of carbonyl (C=O) groups excluding carboxylic acids is 1. The van der Waals surface area contributed by atoms with Crippen molar-refractivity contribution in [1.82, 2.24) is 19.9 Å². The first-order valence-corrected chi connectivity index (χ1v) is 8.97. The Morgan fingerprint density at radius 3 is 3.23 bits per heavy atom. The first-order valence-electron chi connectivity index (χ1n) is 7.61. The van der Waals surface area contributed by atoms with Gasteiger partial charge in [-0.15, -0.1) is 0 Å². The van der Waals surface area contributed by atoms with Crippen LogP contribution < -0.4 is 0 Å². The summed E-state index contributed by atoms with van der Waals surface area (Å²) in [6, 6.07) is 2.19. The lowest BCUT2D eigenvalue weighted by Crippen LogP contribution is -2.44. The Kier molecular flexibility index (Phi) is 4.88. The Labute approximate surface area is 138 Å². The fourth-order valence-corrected chi connectivity index (χ4v) is 3.80. The molecule has 0 saturated carbocycles. The molecule has 1 aliphatic heterocycles. The predicted molar refractivity (Wildman–Crippen MR) is 89.3 cm³/mol. The number of carbonyl (C=O) groups is 1. The van der Waals surface area contributed by atoms with Crippen molar-refractivity contribution in [3.8, 4) is 0 Å². The van der Waals surface area contributed by atoms with E-state index in [4.69, 9.17) is 11.6 Å². The number of pyridine rings is 1. The number of hydrogen-bond acceptors (Lipinski definition) is 4. The van der Waals surface area contributed by atoms with Gasteiger partial charge in [-0.3, -0.25) is 4.79 Å². The number of H-pyrrole nitrogens is 1. The number of fused-ring (bicyclic) bond motifs is 1. The zero-order chi connectivity index (χ0) is 15.5. The Balaban J connectivity index is 1.64. The van der Waals surface area contributed by atoms with E-state index in [1.165, 1.54) is 18.2 Å². The van der Waals surface area contributed by atoms with Crippen molar-refractivity contribution in [3.63, 3.8) is 0 Å². The molecule has 2 aromatic rings. The summed E-state index contributed by atoms with van der Waals surface area (Å²) in [6.07, 6.45) is 6.07. The van der Waals surface area contributed by atoms with Gasteiger partial charge in [0.1, 0.15) is 0 Å². The second-order valence-corrected chi connectivity index (χ2v) is 6.90. The third kappa shape index (κ3) is 3.38. The quantitative estimate of drug-likeness (QED) is 0.867. The standard InChI is InChI=1S/C15H19ClN4OS/c1-2-11-5-3-4-6-20(11)13(21)9-22-15-18-12-7-10(16)8-17-14(12)19-15/h7-8,11H,2-6,9H2,1H3,(H,17,18,19)/t11-/m0/s1. The summed E-state index contributed by atoms with van der Waals surface area (Å²) >= 11 is 7.34. The van der Waals surface area contributed by atoms with Crippen molar-refractivity contribution in [2.45, 2.75) is 43.8 Å².